The monoisotopic (exact) mass is 445 g/mol. The highest BCUT2D eigenvalue weighted by Gasteiger charge is 2.38. The number of hydrogen-bond donors (Lipinski definition) is 0. The zero-order valence-electron chi connectivity index (χ0n) is 16.3. The average Bonchev–Trinajstić information content (AvgIpc) is 2.78. The minimum absolute atomic E-state index is 0.0999. The zero-order chi connectivity index (χ0) is 22.9. The Morgan fingerprint density at radius 3 is 1.34 bits per heavy atom. The van der Waals surface area contributed by atoms with Gasteiger partial charge in [-0.25, -0.2) is 4.42 Å². The third-order valence-electron chi connectivity index (χ3n) is 4.83. The second-order valence-electron chi connectivity index (χ2n) is 7.10. The minimum atomic E-state index is -4.95. The van der Waals surface area contributed by atoms with Crippen molar-refractivity contribution in [2.45, 2.75) is 12.4 Å². The van der Waals surface area contributed by atoms with E-state index in [0.717, 1.165) is 5.56 Å². The summed E-state index contributed by atoms with van der Waals surface area (Å²) in [4.78, 5) is 0. The highest BCUT2D eigenvalue weighted by Crippen LogP contribution is 2.40. The van der Waals surface area contributed by atoms with Gasteiger partial charge in [-0.05, 0) is 35.9 Å². The number of rotatable bonds is 3. The summed E-state index contributed by atoms with van der Waals surface area (Å²) in [5, 5.41) is 0. The smallest absolute Gasteiger partial charge is 0.207 e. The first-order valence-corrected chi connectivity index (χ1v) is 9.50. The maximum Gasteiger partial charge on any atom is 0.416 e. The van der Waals surface area contributed by atoms with E-state index in [1.165, 1.54) is 6.07 Å². The second kappa shape index (κ2) is 8.15. The van der Waals surface area contributed by atoms with Crippen molar-refractivity contribution in [1.82, 2.24) is 0 Å². The first-order chi connectivity index (χ1) is 15.1. The molecule has 3 aromatic carbocycles. The molecule has 4 aromatic rings. The van der Waals surface area contributed by atoms with Crippen molar-refractivity contribution < 1.29 is 30.8 Å². The van der Waals surface area contributed by atoms with Gasteiger partial charge in [0.05, 0.1) is 34.4 Å². The highest BCUT2D eigenvalue weighted by atomic mass is 19.4. The third kappa shape index (κ3) is 4.66. The molecule has 0 N–H and O–H groups in total. The van der Waals surface area contributed by atoms with Crippen LogP contribution in [0.4, 0.5) is 26.3 Å². The van der Waals surface area contributed by atoms with Crippen molar-refractivity contribution in [2.24, 2.45) is 0 Å². The first-order valence-electron chi connectivity index (χ1n) is 9.50. The molecular formula is C25H15F6O+. The molecule has 1 heterocycles. The lowest BCUT2D eigenvalue weighted by Crippen LogP contribution is -2.11. The van der Waals surface area contributed by atoms with Gasteiger partial charge in [-0.1, -0.05) is 48.5 Å². The molecule has 1 nitrogen and oxygen atoms in total. The Kier molecular flexibility index (Phi) is 5.50. The summed E-state index contributed by atoms with van der Waals surface area (Å²) in [6, 6.07) is 22.3. The molecule has 0 atom stereocenters. The van der Waals surface area contributed by atoms with Gasteiger partial charge in [-0.3, -0.25) is 0 Å². The molecule has 7 heteroatoms. The number of alkyl halides is 6. The van der Waals surface area contributed by atoms with Gasteiger partial charge < -0.3 is 0 Å². The molecule has 0 amide bonds. The molecule has 0 fully saturated rings. The van der Waals surface area contributed by atoms with Crippen molar-refractivity contribution in [3.63, 3.8) is 0 Å². The molecule has 0 unspecified atom stereocenters. The Morgan fingerprint density at radius 1 is 0.438 bits per heavy atom. The molecule has 0 aliphatic carbocycles. The molecule has 0 radical (unpaired) electrons. The van der Waals surface area contributed by atoms with Crippen molar-refractivity contribution in [3.8, 4) is 33.8 Å². The number of benzene rings is 3. The van der Waals surface area contributed by atoms with Crippen LogP contribution < -0.4 is 0 Å². The van der Waals surface area contributed by atoms with E-state index in [9.17, 15) is 26.3 Å². The second-order valence-corrected chi connectivity index (χ2v) is 7.10. The summed E-state index contributed by atoms with van der Waals surface area (Å²) in [5.74, 6) is 0.203. The quantitative estimate of drug-likeness (QED) is 0.227. The van der Waals surface area contributed by atoms with E-state index in [0.29, 0.717) is 29.0 Å². The van der Waals surface area contributed by atoms with Gasteiger partial charge in [-0.2, -0.15) is 26.3 Å². The van der Waals surface area contributed by atoms with Gasteiger partial charge in [0.25, 0.3) is 0 Å². The van der Waals surface area contributed by atoms with E-state index < -0.39 is 23.5 Å². The molecule has 0 saturated heterocycles. The van der Waals surface area contributed by atoms with Gasteiger partial charge >= 0.3 is 23.9 Å². The molecule has 0 aliphatic rings. The van der Waals surface area contributed by atoms with Gasteiger partial charge in [-0.15, -0.1) is 0 Å². The maximum absolute atomic E-state index is 13.3. The van der Waals surface area contributed by atoms with Gasteiger partial charge in [0.15, 0.2) is 0 Å². The average molecular weight is 445 g/mol. The van der Waals surface area contributed by atoms with Crippen LogP contribution in [0.5, 0.6) is 0 Å². The van der Waals surface area contributed by atoms with Crippen molar-refractivity contribution in [3.05, 3.63) is 102 Å². The third-order valence-corrected chi connectivity index (χ3v) is 4.83. The van der Waals surface area contributed by atoms with Crippen LogP contribution in [-0.2, 0) is 12.4 Å². The predicted molar refractivity (Wildman–Crippen MR) is 109 cm³/mol. The summed E-state index contributed by atoms with van der Waals surface area (Å²) in [7, 11) is 0. The summed E-state index contributed by atoms with van der Waals surface area (Å²) >= 11 is 0. The van der Waals surface area contributed by atoms with Crippen molar-refractivity contribution in [2.75, 3.05) is 0 Å². The predicted octanol–water partition coefficient (Wildman–Crippen LogP) is 8.60. The van der Waals surface area contributed by atoms with Crippen LogP contribution in [0.3, 0.4) is 0 Å². The molecule has 0 spiro atoms. The molecule has 0 bridgehead atoms. The van der Waals surface area contributed by atoms with E-state index in [-0.39, 0.29) is 17.4 Å². The maximum atomic E-state index is 13.3. The van der Waals surface area contributed by atoms with Gasteiger partial charge in [0, 0.05) is 5.56 Å². The summed E-state index contributed by atoms with van der Waals surface area (Å²) < 4.78 is 85.9. The molecular weight excluding hydrogens is 430 g/mol. The van der Waals surface area contributed by atoms with Crippen LogP contribution >= 0.6 is 0 Å². The topological polar surface area (TPSA) is 11.3 Å². The largest absolute Gasteiger partial charge is 0.416 e. The van der Waals surface area contributed by atoms with Crippen molar-refractivity contribution >= 4 is 0 Å². The van der Waals surface area contributed by atoms with Crippen molar-refractivity contribution in [1.29, 1.82) is 0 Å². The zero-order valence-corrected chi connectivity index (χ0v) is 16.3. The Hall–Kier alpha value is -3.61. The van der Waals surface area contributed by atoms with Gasteiger partial charge in [0.2, 0.25) is 0 Å². The number of hydrogen-bond acceptors (Lipinski definition) is 0. The molecule has 1 aromatic heterocycles. The lowest BCUT2D eigenvalue weighted by molar-refractivity contribution is -0.143. The Bertz CT molecular complexity index is 1140. The SMILES string of the molecule is FC(F)(F)c1cc(-c2cc(-c3ccccc3)cc(-c3ccccc3)[o+]2)cc(C(F)(F)F)c1. The van der Waals surface area contributed by atoms with Crippen LogP contribution in [0.15, 0.2) is 95.4 Å². The first kappa shape index (κ1) is 21.6. The standard InChI is InChI=1S/C25H15F6O/c26-24(27,28)20-11-19(12-21(15-20)25(29,30)31)23-14-18(16-7-3-1-4-8-16)13-22(32-23)17-9-5-2-6-10-17/h1-15H/q+1. The lowest BCUT2D eigenvalue weighted by Gasteiger charge is -2.12. The molecule has 162 valence electrons. The fourth-order valence-electron chi connectivity index (χ4n) is 3.28. The summed E-state index contributed by atoms with van der Waals surface area (Å²) in [5.41, 5.74) is -1.15. The molecule has 4 rings (SSSR count). The molecule has 0 saturated carbocycles. The van der Waals surface area contributed by atoms with E-state index in [2.05, 4.69) is 0 Å². The highest BCUT2D eigenvalue weighted by molar-refractivity contribution is 5.75. The van der Waals surface area contributed by atoms with E-state index in [4.69, 9.17) is 4.42 Å². The lowest BCUT2D eigenvalue weighted by atomic mass is 9.99. The number of halogens is 6. The van der Waals surface area contributed by atoms with Crippen LogP contribution in [0.2, 0.25) is 0 Å². The minimum Gasteiger partial charge on any atom is -0.207 e. The normalized spacial score (nSPS) is 12.1. The van der Waals surface area contributed by atoms with Gasteiger partial charge in [0.1, 0.15) is 0 Å². The Morgan fingerprint density at radius 2 is 0.875 bits per heavy atom. The van der Waals surface area contributed by atoms with Crippen LogP contribution in [-0.4, -0.2) is 0 Å². The van der Waals surface area contributed by atoms with Crippen LogP contribution in [0.1, 0.15) is 11.1 Å². The Balaban J connectivity index is 1.97. The Labute approximate surface area is 179 Å². The molecule has 0 aliphatic heterocycles. The summed E-state index contributed by atoms with van der Waals surface area (Å²) in [6.07, 6.45) is -9.90. The fraction of sp³-hybridized carbons (Fsp3) is 0.0800. The van der Waals surface area contributed by atoms with Crippen LogP contribution in [0, 0.1) is 0 Å². The van der Waals surface area contributed by atoms with Crippen LogP contribution in [0.25, 0.3) is 33.8 Å². The van der Waals surface area contributed by atoms with E-state index >= 15 is 0 Å². The van der Waals surface area contributed by atoms with E-state index in [1.54, 1.807) is 66.7 Å². The van der Waals surface area contributed by atoms with E-state index in [1.807, 2.05) is 0 Å². The fourth-order valence-corrected chi connectivity index (χ4v) is 3.28. The molecule has 32 heavy (non-hydrogen) atoms. The summed E-state index contributed by atoms with van der Waals surface area (Å²) in [6.45, 7) is 0.